The summed E-state index contributed by atoms with van der Waals surface area (Å²) in [4.78, 5) is 8.64. The summed E-state index contributed by atoms with van der Waals surface area (Å²) in [7, 11) is 0. The third-order valence-corrected chi connectivity index (χ3v) is 6.64. The van der Waals surface area contributed by atoms with Gasteiger partial charge < -0.3 is 4.74 Å². The number of ether oxygens (including phenoxy) is 1. The molecular weight excluding hydrogens is 427 g/mol. The van der Waals surface area contributed by atoms with E-state index in [0.717, 1.165) is 35.4 Å². The number of rotatable bonds is 4. The summed E-state index contributed by atoms with van der Waals surface area (Å²) < 4.78 is 6.21. The van der Waals surface area contributed by atoms with Crippen LogP contribution in [0.5, 0.6) is 5.75 Å². The maximum Gasteiger partial charge on any atom is 0.224 e. The van der Waals surface area contributed by atoms with Crippen LogP contribution in [-0.4, -0.2) is 9.97 Å². The zero-order valence-electron chi connectivity index (χ0n) is 17.2. The molecule has 0 saturated carbocycles. The number of fused-ring (bicyclic) bond motifs is 2. The van der Waals surface area contributed by atoms with Gasteiger partial charge in [-0.3, -0.25) is 0 Å². The monoisotopic (exact) mass is 448 g/mol. The van der Waals surface area contributed by atoms with Crippen LogP contribution in [0.15, 0.2) is 66.7 Å². The van der Waals surface area contributed by atoms with Crippen molar-refractivity contribution in [2.75, 3.05) is 0 Å². The summed E-state index contributed by atoms with van der Waals surface area (Å²) in [6, 6.07) is 23.0. The number of hydrogen-bond donors (Lipinski definition) is 0. The summed E-state index contributed by atoms with van der Waals surface area (Å²) in [6.45, 7) is 2.81. The molecular formula is C26H22Cl2N2O. The number of nitrogens with zero attached hydrogens (tertiary/aromatic N) is 2. The van der Waals surface area contributed by atoms with E-state index in [2.05, 4.69) is 65.4 Å². The Morgan fingerprint density at radius 3 is 2.55 bits per heavy atom. The fraction of sp³-hybridized carbons (Fsp3) is 0.231. The third kappa shape index (κ3) is 4.13. The standard InChI is InChI=1S/C26H22Cl2N2O/c1-16-11-23-24(29-26(28)30-25(23)27)14-21(16)22-13-19(12-18-9-5-6-10-20(18)22)31-15-17-7-3-2-4-8-17/h2-10,12-13,16,21H,11,14-15H2,1H3. The molecule has 2 atom stereocenters. The molecule has 0 amide bonds. The lowest BCUT2D eigenvalue weighted by Gasteiger charge is -2.31. The lowest BCUT2D eigenvalue weighted by Crippen LogP contribution is -2.24. The van der Waals surface area contributed by atoms with Crippen molar-refractivity contribution in [3.63, 3.8) is 0 Å². The van der Waals surface area contributed by atoms with E-state index in [4.69, 9.17) is 27.9 Å². The summed E-state index contributed by atoms with van der Waals surface area (Å²) in [6.07, 6.45) is 1.62. The first-order chi connectivity index (χ1) is 15.1. The van der Waals surface area contributed by atoms with Gasteiger partial charge in [-0.1, -0.05) is 73.1 Å². The van der Waals surface area contributed by atoms with Gasteiger partial charge in [-0.15, -0.1) is 0 Å². The van der Waals surface area contributed by atoms with Gasteiger partial charge in [0.25, 0.3) is 0 Å². The van der Waals surface area contributed by atoms with Gasteiger partial charge in [0.1, 0.15) is 17.5 Å². The van der Waals surface area contributed by atoms with Gasteiger partial charge in [0, 0.05) is 5.56 Å². The highest BCUT2D eigenvalue weighted by Gasteiger charge is 2.31. The van der Waals surface area contributed by atoms with Gasteiger partial charge in [-0.05, 0) is 70.3 Å². The molecule has 0 bridgehead atoms. The number of hydrogen-bond acceptors (Lipinski definition) is 3. The highest BCUT2D eigenvalue weighted by molar-refractivity contribution is 6.32. The normalized spacial score (nSPS) is 18.0. The Kier molecular flexibility index (Phi) is 5.56. The maximum absolute atomic E-state index is 6.37. The van der Waals surface area contributed by atoms with E-state index in [-0.39, 0.29) is 5.28 Å². The van der Waals surface area contributed by atoms with Crippen molar-refractivity contribution in [3.8, 4) is 5.75 Å². The number of aromatic nitrogens is 2. The summed E-state index contributed by atoms with van der Waals surface area (Å²) >= 11 is 12.5. The molecule has 0 radical (unpaired) electrons. The lowest BCUT2D eigenvalue weighted by molar-refractivity contribution is 0.305. The molecule has 5 rings (SSSR count). The summed E-state index contributed by atoms with van der Waals surface area (Å²) in [5.74, 6) is 1.57. The van der Waals surface area contributed by atoms with Crippen molar-refractivity contribution in [2.24, 2.45) is 5.92 Å². The molecule has 2 unspecified atom stereocenters. The van der Waals surface area contributed by atoms with E-state index >= 15 is 0 Å². The molecule has 0 fully saturated rings. The van der Waals surface area contributed by atoms with Gasteiger partial charge in [0.2, 0.25) is 5.28 Å². The van der Waals surface area contributed by atoms with E-state index in [1.165, 1.54) is 16.3 Å². The third-order valence-electron chi connectivity index (χ3n) is 6.16. The minimum atomic E-state index is 0.210. The number of halogens is 2. The maximum atomic E-state index is 6.37. The van der Waals surface area contributed by atoms with Crippen LogP contribution in [0.4, 0.5) is 0 Å². The van der Waals surface area contributed by atoms with Crippen molar-refractivity contribution in [1.82, 2.24) is 9.97 Å². The molecule has 0 saturated heterocycles. The molecule has 1 aliphatic carbocycles. The molecule has 0 spiro atoms. The molecule has 1 aliphatic rings. The molecule has 31 heavy (non-hydrogen) atoms. The minimum absolute atomic E-state index is 0.210. The van der Waals surface area contributed by atoms with Crippen LogP contribution in [0.1, 0.15) is 35.2 Å². The number of benzene rings is 3. The fourth-order valence-corrected chi connectivity index (χ4v) is 5.07. The van der Waals surface area contributed by atoms with E-state index in [0.29, 0.717) is 23.6 Å². The van der Waals surface area contributed by atoms with Crippen LogP contribution in [0.3, 0.4) is 0 Å². The molecule has 5 heteroatoms. The largest absolute Gasteiger partial charge is 0.489 e. The SMILES string of the molecule is CC1Cc2c(Cl)nc(Cl)nc2CC1c1cc(OCc2ccccc2)cc2ccccc12. The predicted octanol–water partition coefficient (Wildman–Crippen LogP) is 7.03. The zero-order chi connectivity index (χ0) is 21.4. The Labute approximate surface area is 192 Å². The minimum Gasteiger partial charge on any atom is -0.489 e. The molecule has 4 aromatic rings. The van der Waals surface area contributed by atoms with Crippen molar-refractivity contribution in [3.05, 3.63) is 99.6 Å². The van der Waals surface area contributed by atoms with E-state index in [1.54, 1.807) is 0 Å². The lowest BCUT2D eigenvalue weighted by atomic mass is 9.74. The highest BCUT2D eigenvalue weighted by atomic mass is 35.5. The van der Waals surface area contributed by atoms with Gasteiger partial charge in [-0.25, -0.2) is 9.97 Å². The van der Waals surface area contributed by atoms with Gasteiger partial charge >= 0.3 is 0 Å². The molecule has 0 N–H and O–H groups in total. The van der Waals surface area contributed by atoms with Crippen molar-refractivity contribution >= 4 is 34.0 Å². The molecule has 3 nitrogen and oxygen atoms in total. The van der Waals surface area contributed by atoms with Gasteiger partial charge in [0.15, 0.2) is 0 Å². The van der Waals surface area contributed by atoms with E-state index < -0.39 is 0 Å². The van der Waals surface area contributed by atoms with Crippen LogP contribution in [0.2, 0.25) is 10.4 Å². The van der Waals surface area contributed by atoms with Crippen molar-refractivity contribution in [1.29, 1.82) is 0 Å². The molecule has 1 heterocycles. The highest BCUT2D eigenvalue weighted by Crippen LogP contribution is 2.42. The topological polar surface area (TPSA) is 35.0 Å². The fourth-order valence-electron chi connectivity index (χ4n) is 4.58. The first-order valence-electron chi connectivity index (χ1n) is 10.5. The Balaban J connectivity index is 1.53. The van der Waals surface area contributed by atoms with Crippen LogP contribution in [0, 0.1) is 5.92 Å². The summed E-state index contributed by atoms with van der Waals surface area (Å²) in [5.41, 5.74) is 4.41. The quantitative estimate of drug-likeness (QED) is 0.248. The van der Waals surface area contributed by atoms with Crippen molar-refractivity contribution in [2.45, 2.75) is 32.3 Å². The second kappa shape index (κ2) is 8.49. The van der Waals surface area contributed by atoms with Gasteiger partial charge in [0.05, 0.1) is 5.69 Å². The van der Waals surface area contributed by atoms with Crippen LogP contribution in [0.25, 0.3) is 10.8 Å². The first kappa shape index (κ1) is 20.3. The molecule has 3 aromatic carbocycles. The molecule has 0 aliphatic heterocycles. The average molecular weight is 449 g/mol. The second-order valence-corrected chi connectivity index (χ2v) is 8.90. The first-order valence-corrected chi connectivity index (χ1v) is 11.2. The Hall–Kier alpha value is -2.62. The Morgan fingerprint density at radius 1 is 0.935 bits per heavy atom. The van der Waals surface area contributed by atoms with E-state index in [9.17, 15) is 0 Å². The van der Waals surface area contributed by atoms with Gasteiger partial charge in [-0.2, -0.15) is 0 Å². The molecule has 156 valence electrons. The average Bonchev–Trinajstić information content (AvgIpc) is 2.78. The van der Waals surface area contributed by atoms with Crippen molar-refractivity contribution < 1.29 is 4.74 Å². The van der Waals surface area contributed by atoms with Crippen LogP contribution >= 0.6 is 23.2 Å². The second-order valence-electron chi connectivity index (χ2n) is 8.21. The van der Waals surface area contributed by atoms with E-state index in [1.807, 2.05) is 18.2 Å². The summed E-state index contributed by atoms with van der Waals surface area (Å²) in [5, 5.41) is 3.12. The van der Waals surface area contributed by atoms with Crippen LogP contribution < -0.4 is 4.74 Å². The van der Waals surface area contributed by atoms with Crippen LogP contribution in [-0.2, 0) is 19.4 Å². The smallest absolute Gasteiger partial charge is 0.224 e. The zero-order valence-corrected chi connectivity index (χ0v) is 18.7. The Bertz CT molecular complexity index is 1240. The predicted molar refractivity (Wildman–Crippen MR) is 126 cm³/mol. The molecule has 1 aromatic heterocycles. The Morgan fingerprint density at radius 2 is 1.71 bits per heavy atom.